The van der Waals surface area contributed by atoms with E-state index in [4.69, 9.17) is 0 Å². The van der Waals surface area contributed by atoms with E-state index >= 15 is 0 Å². The third-order valence-corrected chi connectivity index (χ3v) is 2.84. The molecular weight excluding hydrogens is 228 g/mol. The number of ether oxygens (including phenoxy) is 2. The van der Waals surface area contributed by atoms with Crippen LogP contribution < -0.4 is 14.8 Å². The molecule has 0 unspecified atom stereocenters. The van der Waals surface area contributed by atoms with Gasteiger partial charge in [0, 0.05) is 6.54 Å². The predicted octanol–water partition coefficient (Wildman–Crippen LogP) is 2.38. The van der Waals surface area contributed by atoms with Gasteiger partial charge in [-0.3, -0.25) is 0 Å². The monoisotopic (exact) mass is 239 g/mol. The Hall–Kier alpha value is -1.62. The van der Waals surface area contributed by atoms with Gasteiger partial charge in [0.05, 0.1) is 0 Å². The highest BCUT2D eigenvalue weighted by atomic mass is 19.3. The Morgan fingerprint density at radius 3 is 2.76 bits per heavy atom. The van der Waals surface area contributed by atoms with Crippen LogP contribution in [-0.2, 0) is 0 Å². The third kappa shape index (κ3) is 1.98. The summed E-state index contributed by atoms with van der Waals surface area (Å²) in [5.74, 6) is 0.195. The second kappa shape index (κ2) is 3.70. The zero-order valence-corrected chi connectivity index (χ0v) is 9.00. The molecule has 0 saturated heterocycles. The van der Waals surface area contributed by atoms with Gasteiger partial charge in [-0.15, -0.1) is 8.78 Å². The first-order valence-electron chi connectivity index (χ1n) is 5.44. The predicted molar refractivity (Wildman–Crippen MR) is 58.1 cm³/mol. The molecule has 0 aromatic heterocycles. The van der Waals surface area contributed by atoms with Crippen molar-refractivity contribution >= 4 is 5.57 Å². The summed E-state index contributed by atoms with van der Waals surface area (Å²) in [7, 11) is 0. The van der Waals surface area contributed by atoms with Gasteiger partial charge in [0.2, 0.25) is 0 Å². The minimum atomic E-state index is -3.54. The number of hydrogen-bond acceptors (Lipinski definition) is 3. The summed E-state index contributed by atoms with van der Waals surface area (Å²) >= 11 is 0. The molecule has 0 radical (unpaired) electrons. The van der Waals surface area contributed by atoms with Crippen LogP contribution in [0.4, 0.5) is 8.78 Å². The second-order valence-electron chi connectivity index (χ2n) is 4.01. The molecule has 2 heterocycles. The van der Waals surface area contributed by atoms with Crippen LogP contribution in [0.3, 0.4) is 0 Å². The minimum Gasteiger partial charge on any atom is -0.395 e. The Morgan fingerprint density at radius 2 is 2.00 bits per heavy atom. The summed E-state index contributed by atoms with van der Waals surface area (Å²) < 4.78 is 34.5. The van der Waals surface area contributed by atoms with Crippen molar-refractivity contribution in [3.8, 4) is 11.5 Å². The highest BCUT2D eigenvalue weighted by Crippen LogP contribution is 2.42. The molecule has 0 fully saturated rings. The fraction of sp³-hybridized carbons (Fsp3) is 0.333. The Labute approximate surface area is 97.0 Å². The summed E-state index contributed by atoms with van der Waals surface area (Å²) in [6, 6.07) is 4.91. The van der Waals surface area contributed by atoms with Crippen molar-refractivity contribution in [1.82, 2.24) is 5.32 Å². The summed E-state index contributed by atoms with van der Waals surface area (Å²) in [6.07, 6.45) is -0.599. The first-order chi connectivity index (χ1) is 8.14. The smallest absolute Gasteiger partial charge is 0.395 e. The maximum atomic E-state index is 12.8. The van der Waals surface area contributed by atoms with Crippen LogP contribution in [0.2, 0.25) is 0 Å². The SMILES string of the molecule is FC1(F)Oc2ccc(C3=CCNCC3)cc2O1. The van der Waals surface area contributed by atoms with Gasteiger partial charge in [0.25, 0.3) is 0 Å². The lowest BCUT2D eigenvalue weighted by Gasteiger charge is -2.14. The maximum absolute atomic E-state index is 12.8. The van der Waals surface area contributed by atoms with Crippen molar-refractivity contribution in [1.29, 1.82) is 0 Å². The lowest BCUT2D eigenvalue weighted by Crippen LogP contribution is -2.25. The summed E-state index contributed by atoms with van der Waals surface area (Å²) in [4.78, 5) is 0. The number of fused-ring (bicyclic) bond motifs is 1. The van der Waals surface area contributed by atoms with Crippen LogP contribution in [0.15, 0.2) is 24.3 Å². The van der Waals surface area contributed by atoms with E-state index in [0.717, 1.165) is 30.6 Å². The van der Waals surface area contributed by atoms with E-state index in [0.29, 0.717) is 0 Å². The zero-order valence-electron chi connectivity index (χ0n) is 9.00. The molecular formula is C12H11F2NO2. The van der Waals surface area contributed by atoms with E-state index in [1.54, 1.807) is 12.1 Å². The standard InChI is InChI=1S/C12H11F2NO2/c13-12(14)16-10-2-1-9(7-11(10)17-12)8-3-5-15-6-4-8/h1-3,7,15H,4-6H2. The van der Waals surface area contributed by atoms with Crippen molar-refractivity contribution in [3.05, 3.63) is 29.8 Å². The zero-order chi connectivity index (χ0) is 11.9. The van der Waals surface area contributed by atoms with Gasteiger partial charge in [0.1, 0.15) is 0 Å². The summed E-state index contributed by atoms with van der Waals surface area (Å²) in [5, 5.41) is 3.20. The number of benzene rings is 1. The van der Waals surface area contributed by atoms with Crippen molar-refractivity contribution in [2.24, 2.45) is 0 Å². The van der Waals surface area contributed by atoms with Gasteiger partial charge >= 0.3 is 6.29 Å². The number of halogens is 2. The van der Waals surface area contributed by atoms with Crippen LogP contribution in [-0.4, -0.2) is 19.4 Å². The van der Waals surface area contributed by atoms with Gasteiger partial charge in [-0.2, -0.15) is 0 Å². The first-order valence-corrected chi connectivity index (χ1v) is 5.44. The van der Waals surface area contributed by atoms with E-state index < -0.39 is 6.29 Å². The van der Waals surface area contributed by atoms with Gasteiger partial charge in [-0.05, 0) is 36.2 Å². The molecule has 17 heavy (non-hydrogen) atoms. The van der Waals surface area contributed by atoms with E-state index in [1.165, 1.54) is 6.07 Å². The Balaban J connectivity index is 1.93. The second-order valence-corrected chi connectivity index (χ2v) is 4.01. The third-order valence-electron chi connectivity index (χ3n) is 2.84. The van der Waals surface area contributed by atoms with Crippen LogP contribution in [0.25, 0.3) is 5.57 Å². The Morgan fingerprint density at radius 1 is 1.18 bits per heavy atom. The van der Waals surface area contributed by atoms with Crippen molar-refractivity contribution in [2.45, 2.75) is 12.7 Å². The summed E-state index contributed by atoms with van der Waals surface area (Å²) in [6.45, 7) is 1.70. The van der Waals surface area contributed by atoms with Crippen molar-refractivity contribution < 1.29 is 18.3 Å². The van der Waals surface area contributed by atoms with Crippen LogP contribution in [0, 0.1) is 0 Å². The fourth-order valence-corrected chi connectivity index (χ4v) is 2.03. The van der Waals surface area contributed by atoms with Crippen molar-refractivity contribution in [3.63, 3.8) is 0 Å². The average Bonchev–Trinajstić information content (AvgIpc) is 2.63. The molecule has 2 aliphatic rings. The molecule has 3 rings (SSSR count). The van der Waals surface area contributed by atoms with E-state index in [1.807, 2.05) is 0 Å². The normalized spacial score (nSPS) is 21.2. The molecule has 5 heteroatoms. The number of alkyl halides is 2. The molecule has 0 bridgehead atoms. The van der Waals surface area contributed by atoms with E-state index in [2.05, 4.69) is 20.9 Å². The molecule has 0 saturated carbocycles. The summed E-state index contributed by atoms with van der Waals surface area (Å²) in [5.41, 5.74) is 2.05. The van der Waals surface area contributed by atoms with Gasteiger partial charge in [-0.1, -0.05) is 12.1 Å². The molecule has 3 nitrogen and oxygen atoms in total. The minimum absolute atomic E-state index is 0.0910. The van der Waals surface area contributed by atoms with Crippen LogP contribution >= 0.6 is 0 Å². The first kappa shape index (κ1) is 10.5. The Kier molecular flexibility index (Phi) is 2.29. The lowest BCUT2D eigenvalue weighted by molar-refractivity contribution is -0.286. The number of rotatable bonds is 1. The van der Waals surface area contributed by atoms with E-state index in [-0.39, 0.29) is 11.5 Å². The highest BCUT2D eigenvalue weighted by molar-refractivity contribution is 5.69. The molecule has 2 aliphatic heterocycles. The molecule has 0 amide bonds. The molecule has 0 aliphatic carbocycles. The maximum Gasteiger partial charge on any atom is 0.586 e. The highest BCUT2D eigenvalue weighted by Gasteiger charge is 2.43. The van der Waals surface area contributed by atoms with Gasteiger partial charge in [0.15, 0.2) is 11.5 Å². The van der Waals surface area contributed by atoms with Crippen LogP contribution in [0.1, 0.15) is 12.0 Å². The molecule has 0 atom stereocenters. The van der Waals surface area contributed by atoms with Crippen LogP contribution in [0.5, 0.6) is 11.5 Å². The topological polar surface area (TPSA) is 30.5 Å². The number of nitrogens with one attached hydrogen (secondary N) is 1. The van der Waals surface area contributed by atoms with E-state index in [9.17, 15) is 8.78 Å². The average molecular weight is 239 g/mol. The largest absolute Gasteiger partial charge is 0.586 e. The number of hydrogen-bond donors (Lipinski definition) is 1. The molecule has 0 spiro atoms. The van der Waals surface area contributed by atoms with Gasteiger partial charge in [-0.25, -0.2) is 0 Å². The lowest BCUT2D eigenvalue weighted by atomic mass is 10.00. The Bertz CT molecular complexity index is 485. The van der Waals surface area contributed by atoms with Crippen molar-refractivity contribution in [2.75, 3.05) is 13.1 Å². The van der Waals surface area contributed by atoms with Gasteiger partial charge < -0.3 is 14.8 Å². The molecule has 1 N–H and O–H groups in total. The fourth-order valence-electron chi connectivity index (χ4n) is 2.03. The molecule has 1 aromatic carbocycles. The molecule has 1 aromatic rings. The molecule has 90 valence electrons. The quantitative estimate of drug-likeness (QED) is 0.816.